The van der Waals surface area contributed by atoms with Gasteiger partial charge in [0.15, 0.2) is 0 Å². The third-order valence-corrected chi connectivity index (χ3v) is 4.02. The molecule has 0 aliphatic carbocycles. The van der Waals surface area contributed by atoms with Gasteiger partial charge in [0.05, 0.1) is 5.02 Å². The average Bonchev–Trinajstić information content (AvgIpc) is 2.42. The predicted molar refractivity (Wildman–Crippen MR) is 80.1 cm³/mol. The summed E-state index contributed by atoms with van der Waals surface area (Å²) in [5.74, 6) is -0.356. The zero-order chi connectivity index (χ0) is 14.1. The summed E-state index contributed by atoms with van der Waals surface area (Å²) in [6, 6.07) is 11.1. The van der Waals surface area contributed by atoms with Gasteiger partial charge in [0, 0.05) is 25.3 Å². The molecule has 0 spiro atoms. The lowest BCUT2D eigenvalue weighted by atomic mass is 9.98. The number of nitrogen functional groups attached to an aromatic ring is 1. The van der Waals surface area contributed by atoms with E-state index in [0.29, 0.717) is 0 Å². The van der Waals surface area contributed by atoms with Gasteiger partial charge in [0.2, 0.25) is 0 Å². The van der Waals surface area contributed by atoms with Crippen LogP contribution in [-0.2, 0) is 19.5 Å². The van der Waals surface area contributed by atoms with E-state index in [1.807, 2.05) is 18.2 Å². The van der Waals surface area contributed by atoms with E-state index in [9.17, 15) is 4.39 Å². The summed E-state index contributed by atoms with van der Waals surface area (Å²) in [7, 11) is 0. The molecular weight excluding hydrogens is 275 g/mol. The van der Waals surface area contributed by atoms with Gasteiger partial charge in [0.1, 0.15) is 5.82 Å². The first-order chi connectivity index (χ1) is 9.61. The van der Waals surface area contributed by atoms with E-state index < -0.39 is 0 Å². The molecule has 0 fully saturated rings. The van der Waals surface area contributed by atoms with Crippen molar-refractivity contribution in [3.05, 3.63) is 63.9 Å². The Morgan fingerprint density at radius 1 is 1.15 bits per heavy atom. The molecule has 1 heterocycles. The third-order valence-electron chi connectivity index (χ3n) is 3.71. The largest absolute Gasteiger partial charge is 0.399 e. The molecule has 0 atom stereocenters. The third kappa shape index (κ3) is 2.79. The fourth-order valence-electron chi connectivity index (χ4n) is 2.67. The van der Waals surface area contributed by atoms with Crippen LogP contribution in [-0.4, -0.2) is 11.4 Å². The normalized spacial score (nSPS) is 15.1. The van der Waals surface area contributed by atoms with Crippen LogP contribution in [0.3, 0.4) is 0 Å². The first kappa shape index (κ1) is 13.4. The monoisotopic (exact) mass is 290 g/mol. The molecule has 3 rings (SSSR count). The molecule has 20 heavy (non-hydrogen) atoms. The van der Waals surface area contributed by atoms with Crippen LogP contribution in [0.4, 0.5) is 10.1 Å². The number of halogens is 2. The van der Waals surface area contributed by atoms with E-state index in [4.69, 9.17) is 17.3 Å². The van der Waals surface area contributed by atoms with Crippen molar-refractivity contribution >= 4 is 17.3 Å². The molecular formula is C16H16ClFN2. The number of anilines is 1. The fourth-order valence-corrected chi connectivity index (χ4v) is 2.78. The predicted octanol–water partition coefficient (Wildman–Crippen LogP) is 3.62. The summed E-state index contributed by atoms with van der Waals surface area (Å²) in [5, 5.41) is 0.172. The minimum Gasteiger partial charge on any atom is -0.399 e. The summed E-state index contributed by atoms with van der Waals surface area (Å²) < 4.78 is 13.5. The Bertz CT molecular complexity index is 642. The molecule has 0 radical (unpaired) electrons. The molecule has 0 bridgehead atoms. The molecule has 0 aromatic heterocycles. The van der Waals surface area contributed by atoms with Gasteiger partial charge in [-0.2, -0.15) is 0 Å². The smallest absolute Gasteiger partial charge is 0.142 e. The van der Waals surface area contributed by atoms with Crippen LogP contribution in [0.15, 0.2) is 36.4 Å². The number of benzene rings is 2. The van der Waals surface area contributed by atoms with E-state index in [1.54, 1.807) is 6.07 Å². The van der Waals surface area contributed by atoms with Crippen LogP contribution < -0.4 is 5.73 Å². The summed E-state index contributed by atoms with van der Waals surface area (Å²) in [6.07, 6.45) is 1.01. The van der Waals surface area contributed by atoms with E-state index in [-0.39, 0.29) is 10.8 Å². The Balaban J connectivity index is 1.75. The zero-order valence-electron chi connectivity index (χ0n) is 11.1. The summed E-state index contributed by atoms with van der Waals surface area (Å²) in [6.45, 7) is 2.55. The van der Waals surface area contributed by atoms with Crippen LogP contribution >= 0.6 is 11.6 Å². The van der Waals surface area contributed by atoms with Crippen LogP contribution in [0, 0.1) is 5.82 Å². The Kier molecular flexibility index (Phi) is 3.64. The Morgan fingerprint density at radius 3 is 2.80 bits per heavy atom. The molecule has 0 unspecified atom stereocenters. The maximum absolute atomic E-state index is 13.5. The van der Waals surface area contributed by atoms with Gasteiger partial charge in [-0.1, -0.05) is 23.7 Å². The van der Waals surface area contributed by atoms with Crippen molar-refractivity contribution < 1.29 is 4.39 Å². The van der Waals surface area contributed by atoms with Crippen molar-refractivity contribution in [2.75, 3.05) is 12.3 Å². The molecule has 2 aromatic rings. The quantitative estimate of drug-likeness (QED) is 0.856. The van der Waals surface area contributed by atoms with Crippen molar-refractivity contribution in [1.29, 1.82) is 0 Å². The van der Waals surface area contributed by atoms with Gasteiger partial charge in [-0.25, -0.2) is 4.39 Å². The van der Waals surface area contributed by atoms with Gasteiger partial charge < -0.3 is 5.73 Å². The average molecular weight is 291 g/mol. The molecule has 1 aliphatic heterocycles. The van der Waals surface area contributed by atoms with Crippen molar-refractivity contribution in [1.82, 2.24) is 4.90 Å². The lowest BCUT2D eigenvalue weighted by molar-refractivity contribution is 0.245. The van der Waals surface area contributed by atoms with Gasteiger partial charge in [-0.15, -0.1) is 0 Å². The lowest BCUT2D eigenvalue weighted by Gasteiger charge is -2.29. The molecule has 0 saturated heterocycles. The maximum Gasteiger partial charge on any atom is 0.142 e. The Morgan fingerprint density at radius 2 is 2.00 bits per heavy atom. The van der Waals surface area contributed by atoms with E-state index in [0.717, 1.165) is 37.3 Å². The second kappa shape index (κ2) is 5.43. The highest BCUT2D eigenvalue weighted by molar-refractivity contribution is 6.30. The molecule has 104 valence electrons. The van der Waals surface area contributed by atoms with E-state index >= 15 is 0 Å². The first-order valence-electron chi connectivity index (χ1n) is 6.65. The second-order valence-electron chi connectivity index (χ2n) is 5.24. The van der Waals surface area contributed by atoms with Gasteiger partial charge in [-0.05, 0) is 47.4 Å². The van der Waals surface area contributed by atoms with Gasteiger partial charge >= 0.3 is 0 Å². The first-order valence-corrected chi connectivity index (χ1v) is 7.03. The number of rotatable bonds is 2. The minimum absolute atomic E-state index is 0.172. The van der Waals surface area contributed by atoms with Gasteiger partial charge in [0.25, 0.3) is 0 Å². The standard InChI is InChI=1S/C16H16ClFN2/c17-15-4-1-11(7-16(15)18)9-20-6-5-12-2-3-14(19)8-13(12)10-20/h1-4,7-8H,5-6,9-10,19H2. The van der Waals surface area contributed by atoms with Crippen molar-refractivity contribution in [2.24, 2.45) is 0 Å². The van der Waals surface area contributed by atoms with Crippen molar-refractivity contribution in [3.8, 4) is 0 Å². The van der Waals surface area contributed by atoms with E-state index in [1.165, 1.54) is 17.2 Å². The summed E-state index contributed by atoms with van der Waals surface area (Å²) in [5.41, 5.74) is 10.2. The van der Waals surface area contributed by atoms with Crippen molar-refractivity contribution in [3.63, 3.8) is 0 Å². The van der Waals surface area contributed by atoms with Gasteiger partial charge in [-0.3, -0.25) is 4.90 Å². The number of hydrogen-bond donors (Lipinski definition) is 1. The number of hydrogen-bond acceptors (Lipinski definition) is 2. The summed E-state index contributed by atoms with van der Waals surface area (Å²) >= 11 is 5.71. The minimum atomic E-state index is -0.356. The van der Waals surface area contributed by atoms with Crippen molar-refractivity contribution in [2.45, 2.75) is 19.5 Å². The number of nitrogens with zero attached hydrogens (tertiary/aromatic N) is 1. The van der Waals surface area contributed by atoms with E-state index in [2.05, 4.69) is 11.0 Å². The highest BCUT2D eigenvalue weighted by Crippen LogP contribution is 2.23. The Labute approximate surface area is 123 Å². The van der Waals surface area contributed by atoms with Crippen LogP contribution in [0.5, 0.6) is 0 Å². The Hall–Kier alpha value is -1.58. The highest BCUT2D eigenvalue weighted by Gasteiger charge is 2.16. The molecule has 4 heteroatoms. The SMILES string of the molecule is Nc1ccc2c(c1)CN(Cc1ccc(Cl)c(F)c1)CC2. The molecule has 2 N–H and O–H groups in total. The molecule has 2 aromatic carbocycles. The zero-order valence-corrected chi connectivity index (χ0v) is 11.8. The second-order valence-corrected chi connectivity index (χ2v) is 5.64. The number of nitrogens with two attached hydrogens (primary N) is 1. The highest BCUT2D eigenvalue weighted by atomic mass is 35.5. The van der Waals surface area contributed by atoms with Crippen LogP contribution in [0.25, 0.3) is 0 Å². The number of fused-ring (bicyclic) bond motifs is 1. The lowest BCUT2D eigenvalue weighted by Crippen LogP contribution is -2.30. The molecule has 2 nitrogen and oxygen atoms in total. The molecule has 0 saturated carbocycles. The molecule has 0 amide bonds. The van der Waals surface area contributed by atoms with Crippen LogP contribution in [0.1, 0.15) is 16.7 Å². The summed E-state index contributed by atoms with van der Waals surface area (Å²) in [4.78, 5) is 2.30. The maximum atomic E-state index is 13.5. The van der Waals surface area contributed by atoms with Crippen LogP contribution in [0.2, 0.25) is 5.02 Å². The topological polar surface area (TPSA) is 29.3 Å². The fraction of sp³-hybridized carbons (Fsp3) is 0.250. The molecule has 1 aliphatic rings.